The maximum Gasteiger partial charge on any atom is 0.0936 e. The fraction of sp³-hybridized carbons (Fsp3) is 0.857. The van der Waals surface area contributed by atoms with Gasteiger partial charge in [-0.2, -0.15) is 0 Å². The number of hydrogen-bond acceptors (Lipinski definition) is 2. The van der Waals surface area contributed by atoms with E-state index in [4.69, 9.17) is 5.73 Å². The normalized spacial score (nSPS) is 14.6. The van der Waals surface area contributed by atoms with E-state index in [0.717, 1.165) is 6.42 Å². The van der Waals surface area contributed by atoms with Gasteiger partial charge in [-0.25, -0.2) is 0 Å². The fourth-order valence-corrected chi connectivity index (χ4v) is 0.536. The molecule has 0 saturated heterocycles. The molecule has 0 aromatic heterocycles. The Labute approximate surface area is 57.2 Å². The van der Waals surface area contributed by atoms with E-state index in [9.17, 15) is 0 Å². The van der Waals surface area contributed by atoms with E-state index in [0.29, 0.717) is 0 Å². The first kappa shape index (κ1) is 8.63. The van der Waals surface area contributed by atoms with Crippen molar-refractivity contribution in [2.75, 3.05) is 0 Å². The summed E-state index contributed by atoms with van der Waals surface area (Å²) in [5.74, 6) is 0. The molecule has 0 aliphatic heterocycles. The zero-order valence-electron chi connectivity index (χ0n) is 6.30. The van der Waals surface area contributed by atoms with Crippen LogP contribution in [0, 0.1) is 0 Å². The van der Waals surface area contributed by atoms with E-state index in [1.165, 1.54) is 12.8 Å². The minimum Gasteiger partial charge on any atom is -0.310 e. The molecule has 0 rings (SSSR count). The van der Waals surface area contributed by atoms with Gasteiger partial charge in [0.05, 0.1) is 6.17 Å². The molecule has 1 atom stereocenters. The fourth-order valence-electron chi connectivity index (χ4n) is 0.536. The van der Waals surface area contributed by atoms with Crippen LogP contribution in [0.4, 0.5) is 0 Å². The molecule has 54 valence electrons. The number of aliphatic imine (C=N–C) groups is 1. The lowest BCUT2D eigenvalue weighted by Crippen LogP contribution is -2.10. The zero-order valence-corrected chi connectivity index (χ0v) is 6.30. The summed E-state index contributed by atoms with van der Waals surface area (Å²) >= 11 is 0. The minimum atomic E-state index is -0.0261. The Morgan fingerprint density at radius 2 is 2.33 bits per heavy atom. The van der Waals surface area contributed by atoms with Crippen LogP contribution in [0.1, 0.15) is 33.1 Å². The minimum absolute atomic E-state index is 0.0261. The highest BCUT2D eigenvalue weighted by atomic mass is 14.9. The number of unbranched alkanes of at least 4 members (excludes halogenated alkanes) is 2. The Morgan fingerprint density at radius 1 is 1.67 bits per heavy atom. The van der Waals surface area contributed by atoms with Crippen molar-refractivity contribution < 1.29 is 0 Å². The van der Waals surface area contributed by atoms with Crippen LogP contribution < -0.4 is 5.73 Å². The molecule has 0 unspecified atom stereocenters. The topological polar surface area (TPSA) is 38.4 Å². The van der Waals surface area contributed by atoms with Gasteiger partial charge in [0, 0.05) is 6.21 Å². The Balaban J connectivity index is 3.04. The van der Waals surface area contributed by atoms with Gasteiger partial charge in [0.1, 0.15) is 0 Å². The van der Waals surface area contributed by atoms with Gasteiger partial charge in [-0.1, -0.05) is 13.3 Å². The second kappa shape index (κ2) is 5.76. The molecule has 0 spiro atoms. The summed E-state index contributed by atoms with van der Waals surface area (Å²) in [6.07, 6.45) is 5.40. The van der Waals surface area contributed by atoms with E-state index < -0.39 is 0 Å². The second-order valence-corrected chi connectivity index (χ2v) is 2.21. The van der Waals surface area contributed by atoms with Crippen molar-refractivity contribution in [1.82, 2.24) is 0 Å². The van der Waals surface area contributed by atoms with Gasteiger partial charge >= 0.3 is 0 Å². The average Bonchev–Trinajstić information content (AvgIpc) is 1.80. The standard InChI is InChI=1S/C7H16N2/c1-3-4-5-6-9-7(2)8/h6-7H,3-5,8H2,1-2H3/b9-6-/t7-/m1/s1. The molecule has 0 heterocycles. The lowest BCUT2D eigenvalue weighted by Gasteiger charge is -1.93. The maximum atomic E-state index is 5.38. The SMILES string of the molecule is CCCC/C=N\[C@H](C)N. The molecule has 2 heteroatoms. The molecule has 0 aliphatic carbocycles. The molecule has 2 N–H and O–H groups in total. The molecular weight excluding hydrogens is 112 g/mol. The first-order valence-corrected chi connectivity index (χ1v) is 3.54. The van der Waals surface area contributed by atoms with E-state index in [-0.39, 0.29) is 6.17 Å². The van der Waals surface area contributed by atoms with Gasteiger partial charge in [-0.15, -0.1) is 0 Å². The summed E-state index contributed by atoms with van der Waals surface area (Å²) in [6.45, 7) is 4.04. The van der Waals surface area contributed by atoms with Gasteiger partial charge in [0.25, 0.3) is 0 Å². The quantitative estimate of drug-likeness (QED) is 0.453. The molecule has 2 nitrogen and oxygen atoms in total. The number of rotatable bonds is 4. The lowest BCUT2D eigenvalue weighted by molar-refractivity contribution is 0.781. The Bertz CT molecular complexity index is 77.0. The molecule has 0 bridgehead atoms. The predicted molar refractivity (Wildman–Crippen MR) is 41.7 cm³/mol. The van der Waals surface area contributed by atoms with Crippen LogP contribution in [0.15, 0.2) is 4.99 Å². The highest BCUT2D eigenvalue weighted by Gasteiger charge is 1.82. The van der Waals surface area contributed by atoms with E-state index in [1.807, 2.05) is 13.1 Å². The largest absolute Gasteiger partial charge is 0.310 e. The Hall–Kier alpha value is -0.370. The summed E-state index contributed by atoms with van der Waals surface area (Å²) in [6, 6.07) is 0. The predicted octanol–water partition coefficient (Wildman–Crippen LogP) is 1.55. The summed E-state index contributed by atoms with van der Waals surface area (Å²) in [5, 5.41) is 0. The highest BCUT2D eigenvalue weighted by molar-refractivity contribution is 5.57. The van der Waals surface area contributed by atoms with Crippen molar-refractivity contribution in [3.8, 4) is 0 Å². The van der Waals surface area contributed by atoms with E-state index >= 15 is 0 Å². The van der Waals surface area contributed by atoms with Gasteiger partial charge in [0.15, 0.2) is 0 Å². The van der Waals surface area contributed by atoms with Crippen LogP contribution in [-0.4, -0.2) is 12.4 Å². The first-order chi connectivity index (χ1) is 4.27. The highest BCUT2D eigenvalue weighted by Crippen LogP contribution is 1.90. The van der Waals surface area contributed by atoms with Crippen LogP contribution in [0.3, 0.4) is 0 Å². The third-order valence-corrected chi connectivity index (χ3v) is 1.03. The third-order valence-electron chi connectivity index (χ3n) is 1.03. The van der Waals surface area contributed by atoms with Crippen LogP contribution in [0.25, 0.3) is 0 Å². The monoisotopic (exact) mass is 128 g/mol. The van der Waals surface area contributed by atoms with Crippen molar-refractivity contribution >= 4 is 6.21 Å². The van der Waals surface area contributed by atoms with Crippen LogP contribution in [0.5, 0.6) is 0 Å². The Morgan fingerprint density at radius 3 is 2.78 bits per heavy atom. The number of hydrogen-bond donors (Lipinski definition) is 1. The summed E-state index contributed by atoms with van der Waals surface area (Å²) in [7, 11) is 0. The van der Waals surface area contributed by atoms with E-state index in [1.54, 1.807) is 0 Å². The van der Waals surface area contributed by atoms with Crippen molar-refractivity contribution in [1.29, 1.82) is 0 Å². The van der Waals surface area contributed by atoms with Gasteiger partial charge in [-0.3, -0.25) is 4.99 Å². The van der Waals surface area contributed by atoms with Gasteiger partial charge < -0.3 is 5.73 Å². The average molecular weight is 128 g/mol. The third kappa shape index (κ3) is 7.63. The molecule has 0 amide bonds. The summed E-state index contributed by atoms with van der Waals surface area (Å²) in [4.78, 5) is 4.01. The molecular formula is C7H16N2. The van der Waals surface area contributed by atoms with Crippen LogP contribution in [-0.2, 0) is 0 Å². The van der Waals surface area contributed by atoms with Crippen molar-refractivity contribution in [3.05, 3.63) is 0 Å². The smallest absolute Gasteiger partial charge is 0.0936 e. The van der Waals surface area contributed by atoms with Gasteiger partial charge in [0.2, 0.25) is 0 Å². The molecule has 0 aromatic carbocycles. The number of nitrogens with two attached hydrogens (primary N) is 1. The molecule has 0 aromatic rings. The molecule has 0 radical (unpaired) electrons. The van der Waals surface area contributed by atoms with Crippen LogP contribution in [0.2, 0.25) is 0 Å². The summed E-state index contributed by atoms with van der Waals surface area (Å²) < 4.78 is 0. The van der Waals surface area contributed by atoms with Crippen LogP contribution >= 0.6 is 0 Å². The van der Waals surface area contributed by atoms with Crippen molar-refractivity contribution in [2.24, 2.45) is 10.7 Å². The molecule has 0 aliphatic rings. The van der Waals surface area contributed by atoms with Gasteiger partial charge in [-0.05, 0) is 19.8 Å². The number of nitrogens with zero attached hydrogens (tertiary/aromatic N) is 1. The van der Waals surface area contributed by atoms with E-state index in [2.05, 4.69) is 11.9 Å². The molecule has 9 heavy (non-hydrogen) atoms. The van der Waals surface area contributed by atoms with Crippen molar-refractivity contribution in [2.45, 2.75) is 39.3 Å². The second-order valence-electron chi connectivity index (χ2n) is 2.21. The zero-order chi connectivity index (χ0) is 7.11. The summed E-state index contributed by atoms with van der Waals surface area (Å²) in [5.41, 5.74) is 5.38. The maximum absolute atomic E-state index is 5.38. The first-order valence-electron chi connectivity index (χ1n) is 3.54. The molecule has 0 saturated carbocycles. The van der Waals surface area contributed by atoms with Crippen molar-refractivity contribution in [3.63, 3.8) is 0 Å². The lowest BCUT2D eigenvalue weighted by atomic mass is 10.3. The Kier molecular flexibility index (Phi) is 5.52. The molecule has 0 fully saturated rings.